The van der Waals surface area contributed by atoms with Crippen molar-refractivity contribution in [3.8, 4) is 11.5 Å². The molecule has 1 atom stereocenters. The van der Waals surface area contributed by atoms with Crippen molar-refractivity contribution in [1.82, 2.24) is 4.90 Å². The number of carbonyl (C=O) groups is 4. The van der Waals surface area contributed by atoms with Crippen molar-refractivity contribution < 1.29 is 74.3 Å². The van der Waals surface area contributed by atoms with Crippen LogP contribution in [-0.2, 0) is 13.0 Å². The van der Waals surface area contributed by atoms with Gasteiger partial charge in [0.05, 0.1) is 28.3 Å². The average Bonchev–Trinajstić information content (AvgIpc) is 2.99. The molecule has 5 N–H and O–H groups in total. The normalized spacial score (nSPS) is 13.3. The summed E-state index contributed by atoms with van der Waals surface area (Å²) in [7, 11) is 0. The van der Waals surface area contributed by atoms with Crippen molar-refractivity contribution in [2.75, 3.05) is 0 Å². The number of ether oxygens (including phenoxy) is 1. The largest absolute Gasteiger partial charge is 1.00 e. The molecule has 11 heteroatoms. The number of aryl methyl sites for hydroxylation is 1. The van der Waals surface area contributed by atoms with Crippen molar-refractivity contribution in [3.63, 3.8) is 0 Å². The number of para-hydroxylation sites is 1. The van der Waals surface area contributed by atoms with Crippen LogP contribution in [0.15, 0.2) is 91.0 Å². The third-order valence-corrected chi connectivity index (χ3v) is 7.28. The van der Waals surface area contributed by atoms with Gasteiger partial charge >= 0.3 is 47.5 Å². The van der Waals surface area contributed by atoms with Crippen molar-refractivity contribution in [2.45, 2.75) is 31.8 Å². The monoisotopic (exact) mass is 606 g/mol. The quantitative estimate of drug-likeness (QED) is 0.244. The molecular weight excluding hydrogens is 577 g/mol. The fourth-order valence-electron chi connectivity index (χ4n) is 5.37. The number of hydrogen-bond acceptors (Lipinski definition) is 5. The van der Waals surface area contributed by atoms with Gasteiger partial charge in [0, 0.05) is 6.54 Å². The van der Waals surface area contributed by atoms with E-state index in [0.717, 1.165) is 36.1 Å². The van der Waals surface area contributed by atoms with E-state index in [1.807, 2.05) is 60.7 Å². The number of rotatable bonds is 9. The van der Waals surface area contributed by atoms with Gasteiger partial charge in [-0.2, -0.15) is 0 Å². The molecule has 0 spiro atoms. The first kappa shape index (κ1) is 34.0. The summed E-state index contributed by atoms with van der Waals surface area (Å²) in [5.74, 6) is -4.28. The summed E-state index contributed by atoms with van der Waals surface area (Å²) < 4.78 is 5.97. The van der Waals surface area contributed by atoms with Gasteiger partial charge < -0.3 is 30.4 Å². The summed E-state index contributed by atoms with van der Waals surface area (Å²) in [5, 5.41) is 29.2. The van der Waals surface area contributed by atoms with E-state index < -0.39 is 52.1 Å². The van der Waals surface area contributed by atoms with E-state index in [-0.39, 0.29) is 41.6 Å². The number of hydrogen-bond donors (Lipinski definition) is 3. The molecule has 0 aliphatic heterocycles. The molecule has 0 radical (unpaired) electrons. The fraction of sp³-hybridized carbons (Fsp3) is 0.152. The minimum Gasteiger partial charge on any atom is -0.478 e. The maximum absolute atomic E-state index is 14.3. The first-order valence-electron chi connectivity index (χ1n) is 13.3. The molecule has 4 aromatic rings. The van der Waals surface area contributed by atoms with Gasteiger partial charge in [-0.25, -0.2) is 14.4 Å². The number of aromatic carboxylic acids is 3. The minimum absolute atomic E-state index is 0. The molecule has 0 heterocycles. The van der Waals surface area contributed by atoms with Crippen LogP contribution in [0, 0.1) is 0 Å². The topological polar surface area (TPSA) is 173 Å². The first-order chi connectivity index (χ1) is 20.2. The summed E-state index contributed by atoms with van der Waals surface area (Å²) in [6.45, 7) is 0.0615. The van der Waals surface area contributed by atoms with Crippen LogP contribution < -0.4 is 34.3 Å². The van der Waals surface area contributed by atoms with Crippen LogP contribution in [0.5, 0.6) is 11.5 Å². The number of carboxylic acid groups (broad SMARTS) is 3. The van der Waals surface area contributed by atoms with Crippen molar-refractivity contribution in [3.05, 3.63) is 130 Å². The van der Waals surface area contributed by atoms with Gasteiger partial charge in [-0.3, -0.25) is 4.79 Å². The smallest absolute Gasteiger partial charge is 0.478 e. The maximum atomic E-state index is 14.3. The molecule has 44 heavy (non-hydrogen) atoms. The van der Waals surface area contributed by atoms with E-state index in [4.69, 9.17) is 4.74 Å². The number of carbonyl (C=O) groups excluding carboxylic acids is 1. The molecule has 0 aromatic heterocycles. The zero-order chi connectivity index (χ0) is 29.8. The Balaban J connectivity index is 0.00000264. The van der Waals surface area contributed by atoms with Crippen molar-refractivity contribution in [2.24, 2.45) is 0 Å². The Kier molecular flexibility index (Phi) is 11.4. The molecule has 0 unspecified atom stereocenters. The summed E-state index contributed by atoms with van der Waals surface area (Å²) >= 11 is 0. The molecule has 220 valence electrons. The third-order valence-electron chi connectivity index (χ3n) is 7.28. The van der Waals surface area contributed by atoms with Gasteiger partial charge in [-0.1, -0.05) is 54.6 Å². The molecule has 1 aliphatic rings. The summed E-state index contributed by atoms with van der Waals surface area (Å²) in [5.41, 5.74) is 0.333. The number of amides is 1. The van der Waals surface area contributed by atoms with Crippen LogP contribution >= 0.6 is 0 Å². The van der Waals surface area contributed by atoms with Gasteiger partial charge in [0.15, 0.2) is 0 Å². The van der Waals surface area contributed by atoms with Crippen LogP contribution in [0.4, 0.5) is 0 Å². The zero-order valence-electron chi connectivity index (χ0n) is 23.9. The molecule has 0 fully saturated rings. The van der Waals surface area contributed by atoms with Crippen LogP contribution in [0.2, 0.25) is 0 Å². The summed E-state index contributed by atoms with van der Waals surface area (Å²) in [6, 6.07) is 25.3. The first-order valence-corrected chi connectivity index (χ1v) is 13.3. The van der Waals surface area contributed by atoms with E-state index in [1.165, 1.54) is 4.90 Å². The van der Waals surface area contributed by atoms with E-state index in [2.05, 4.69) is 0 Å². The van der Waals surface area contributed by atoms with Gasteiger partial charge in [0.1, 0.15) is 11.5 Å². The summed E-state index contributed by atoms with van der Waals surface area (Å²) in [4.78, 5) is 51.8. The molecule has 0 saturated heterocycles. The molecule has 5 rings (SSSR count). The summed E-state index contributed by atoms with van der Waals surface area (Å²) in [6.07, 6.45) is 2.21. The standard InChI is InChI=1S/C33H27NO8.Na.H2O/c35-30(25-17-27(32(38)39)28(33(40)41)18-26(25)31(36)37)34(29-15-7-10-21-9-4-5-14-24(21)29)19-20-8-6-13-23(16-20)42-22-11-2-1-3-12-22;;/h1-6,8-9,11-14,16-18,29H,7,10,15,19H2,(H,36,37)(H,38,39)(H,40,41);;1H2/q;+1;/t29-;;/m1../s1. The molecule has 4 aromatic carbocycles. The number of carboxylic acids is 3. The number of benzene rings is 4. The second-order valence-corrected chi connectivity index (χ2v) is 9.96. The van der Waals surface area contributed by atoms with Crippen LogP contribution in [0.3, 0.4) is 0 Å². The Morgan fingerprint density at radius 1 is 0.705 bits per heavy atom. The van der Waals surface area contributed by atoms with E-state index in [9.17, 15) is 34.5 Å². The molecule has 10 nitrogen and oxygen atoms in total. The molecular formula is C33H29NNaO9+. The Morgan fingerprint density at radius 2 is 1.27 bits per heavy atom. The predicted octanol–water partition coefficient (Wildman–Crippen LogP) is 2.47. The van der Waals surface area contributed by atoms with Gasteiger partial charge in [-0.05, 0) is 72.4 Å². The Hall–Kier alpha value is -4.48. The van der Waals surface area contributed by atoms with Crippen LogP contribution in [0.1, 0.15) is 77.0 Å². The van der Waals surface area contributed by atoms with Crippen LogP contribution in [0.25, 0.3) is 0 Å². The molecule has 1 aliphatic carbocycles. The number of fused-ring (bicyclic) bond motifs is 1. The number of nitrogens with zero attached hydrogens (tertiary/aromatic N) is 1. The van der Waals surface area contributed by atoms with Crippen molar-refractivity contribution in [1.29, 1.82) is 0 Å². The van der Waals surface area contributed by atoms with Gasteiger partial charge in [0.2, 0.25) is 0 Å². The van der Waals surface area contributed by atoms with E-state index in [1.54, 1.807) is 18.2 Å². The van der Waals surface area contributed by atoms with Gasteiger partial charge in [-0.15, -0.1) is 0 Å². The third kappa shape index (κ3) is 7.35. The second kappa shape index (κ2) is 14.8. The Morgan fingerprint density at radius 3 is 1.93 bits per heavy atom. The van der Waals surface area contributed by atoms with Crippen LogP contribution in [-0.4, -0.2) is 49.5 Å². The fourth-order valence-corrected chi connectivity index (χ4v) is 5.37. The zero-order valence-corrected chi connectivity index (χ0v) is 25.9. The van der Waals surface area contributed by atoms with E-state index >= 15 is 0 Å². The SMILES string of the molecule is O.O=C(O)c1cc(C(=O)O)c(C(=O)N(Cc2cccc(Oc3ccccc3)c2)[C@@H]2CCCc3ccccc32)cc1C(=O)O.[Na+]. The molecule has 0 saturated carbocycles. The molecule has 1 amide bonds. The Labute approximate surface area is 275 Å². The van der Waals surface area contributed by atoms with E-state index in [0.29, 0.717) is 23.5 Å². The maximum Gasteiger partial charge on any atom is 1.00 e. The Bertz CT molecular complexity index is 1690. The predicted molar refractivity (Wildman–Crippen MR) is 156 cm³/mol. The van der Waals surface area contributed by atoms with Crippen molar-refractivity contribution >= 4 is 23.8 Å². The minimum atomic E-state index is -1.61. The second-order valence-electron chi connectivity index (χ2n) is 9.96. The average molecular weight is 607 g/mol. The van der Waals surface area contributed by atoms with Gasteiger partial charge in [0.25, 0.3) is 5.91 Å². The molecule has 0 bridgehead atoms.